The molecule has 1 N–H and O–H groups in total. The Bertz CT molecular complexity index is 403. The molecule has 1 aliphatic carbocycles. The largest absolute Gasteiger partial charge is 0.314 e. The molecule has 106 valence electrons. The number of rotatable bonds is 5. The molecule has 0 unspecified atom stereocenters. The third-order valence-electron chi connectivity index (χ3n) is 4.16. The van der Waals surface area contributed by atoms with E-state index in [9.17, 15) is 0 Å². The Morgan fingerprint density at radius 2 is 1.74 bits per heavy atom. The maximum Gasteiger partial charge on any atom is 0.0453 e. The topological polar surface area (TPSA) is 12.0 Å². The Morgan fingerprint density at radius 1 is 1.16 bits per heavy atom. The zero-order chi connectivity index (χ0) is 13.9. The molecule has 1 aromatic rings. The molecule has 1 aromatic carbocycles. The summed E-state index contributed by atoms with van der Waals surface area (Å²) in [6.07, 6.45) is 6.18. The van der Waals surface area contributed by atoms with Crippen LogP contribution in [0.3, 0.4) is 0 Å². The second-order valence-corrected chi connectivity index (χ2v) is 6.93. The van der Waals surface area contributed by atoms with Crippen LogP contribution in [-0.4, -0.2) is 12.6 Å². The van der Waals surface area contributed by atoms with Crippen molar-refractivity contribution in [3.05, 3.63) is 33.8 Å². The smallest absolute Gasteiger partial charge is 0.0453 e. The molecule has 0 amide bonds. The first kappa shape index (κ1) is 15.2. The fourth-order valence-corrected chi connectivity index (χ4v) is 3.57. The van der Waals surface area contributed by atoms with Gasteiger partial charge < -0.3 is 5.32 Å². The van der Waals surface area contributed by atoms with Gasteiger partial charge in [-0.25, -0.2) is 0 Å². The minimum atomic E-state index is 0.332. The molecule has 2 rings (SSSR count). The van der Waals surface area contributed by atoms with Crippen LogP contribution in [0.4, 0.5) is 0 Å². The number of halogens is 2. The van der Waals surface area contributed by atoms with E-state index in [1.54, 1.807) is 0 Å². The van der Waals surface area contributed by atoms with E-state index in [0.717, 1.165) is 28.6 Å². The van der Waals surface area contributed by atoms with Crippen molar-refractivity contribution < 1.29 is 0 Å². The van der Waals surface area contributed by atoms with Crippen molar-refractivity contribution in [3.63, 3.8) is 0 Å². The van der Waals surface area contributed by atoms with E-state index in [-0.39, 0.29) is 0 Å². The van der Waals surface area contributed by atoms with Gasteiger partial charge >= 0.3 is 0 Å². The average Bonchev–Trinajstić information content (AvgIpc) is 2.81. The SMILES string of the molecule is CC(C)NCC1(Cc2c(Cl)cccc2Cl)CCCC1. The molecule has 0 spiro atoms. The number of nitrogens with one attached hydrogen (secondary N) is 1. The molecule has 0 atom stereocenters. The molecule has 1 aliphatic rings. The molecular weight excluding hydrogens is 277 g/mol. The lowest BCUT2D eigenvalue weighted by atomic mass is 9.79. The molecule has 1 nitrogen and oxygen atoms in total. The Morgan fingerprint density at radius 3 is 2.26 bits per heavy atom. The highest BCUT2D eigenvalue weighted by molar-refractivity contribution is 6.36. The van der Waals surface area contributed by atoms with Crippen LogP contribution in [0.15, 0.2) is 18.2 Å². The van der Waals surface area contributed by atoms with Crippen molar-refractivity contribution in [1.82, 2.24) is 5.32 Å². The fraction of sp³-hybridized carbons (Fsp3) is 0.625. The molecule has 1 fully saturated rings. The van der Waals surface area contributed by atoms with Gasteiger partial charge in [-0.05, 0) is 42.4 Å². The first-order valence-corrected chi connectivity index (χ1v) is 7.94. The van der Waals surface area contributed by atoms with E-state index in [2.05, 4.69) is 19.2 Å². The Labute approximate surface area is 126 Å². The average molecular weight is 300 g/mol. The predicted octanol–water partition coefficient (Wildman–Crippen LogP) is 5.09. The maximum atomic E-state index is 6.33. The summed E-state index contributed by atoms with van der Waals surface area (Å²) in [6, 6.07) is 6.34. The van der Waals surface area contributed by atoms with Crippen molar-refractivity contribution >= 4 is 23.2 Å². The monoisotopic (exact) mass is 299 g/mol. The molecule has 0 saturated heterocycles. The van der Waals surface area contributed by atoms with Gasteiger partial charge in [0.2, 0.25) is 0 Å². The minimum Gasteiger partial charge on any atom is -0.314 e. The Balaban J connectivity index is 2.16. The van der Waals surface area contributed by atoms with Crippen molar-refractivity contribution in [2.75, 3.05) is 6.54 Å². The summed E-state index contributed by atoms with van der Waals surface area (Å²) < 4.78 is 0. The van der Waals surface area contributed by atoms with Gasteiger partial charge in [-0.1, -0.05) is 56.0 Å². The maximum absolute atomic E-state index is 6.33. The second kappa shape index (κ2) is 6.47. The lowest BCUT2D eigenvalue weighted by molar-refractivity contribution is 0.269. The minimum absolute atomic E-state index is 0.332. The van der Waals surface area contributed by atoms with Gasteiger partial charge in [0.05, 0.1) is 0 Å². The van der Waals surface area contributed by atoms with Crippen LogP contribution in [0.2, 0.25) is 10.0 Å². The summed E-state index contributed by atoms with van der Waals surface area (Å²) in [5.74, 6) is 0. The highest BCUT2D eigenvalue weighted by Crippen LogP contribution is 2.43. The molecule has 0 heterocycles. The van der Waals surface area contributed by atoms with Gasteiger partial charge in [-0.15, -0.1) is 0 Å². The van der Waals surface area contributed by atoms with Crippen LogP contribution in [0, 0.1) is 5.41 Å². The van der Waals surface area contributed by atoms with Crippen LogP contribution < -0.4 is 5.32 Å². The van der Waals surface area contributed by atoms with Gasteiger partial charge in [0.25, 0.3) is 0 Å². The number of hydrogen-bond donors (Lipinski definition) is 1. The summed E-state index contributed by atoms with van der Waals surface area (Å²) in [5, 5.41) is 5.22. The normalized spacial score (nSPS) is 18.2. The Hall–Kier alpha value is -0.240. The molecule has 1 saturated carbocycles. The lowest BCUT2D eigenvalue weighted by Gasteiger charge is -2.31. The summed E-state index contributed by atoms with van der Waals surface area (Å²) in [7, 11) is 0. The van der Waals surface area contributed by atoms with Crippen molar-refractivity contribution in [2.45, 2.75) is 52.0 Å². The predicted molar refractivity (Wildman–Crippen MR) is 84.2 cm³/mol. The molecular formula is C16H23Cl2N. The molecule has 0 radical (unpaired) electrons. The fourth-order valence-electron chi connectivity index (χ4n) is 3.04. The molecule has 19 heavy (non-hydrogen) atoms. The van der Waals surface area contributed by atoms with Crippen LogP contribution in [0.5, 0.6) is 0 Å². The summed E-state index contributed by atoms with van der Waals surface area (Å²) in [4.78, 5) is 0. The van der Waals surface area contributed by atoms with Crippen LogP contribution in [0.25, 0.3) is 0 Å². The van der Waals surface area contributed by atoms with Crippen LogP contribution >= 0.6 is 23.2 Å². The first-order valence-electron chi connectivity index (χ1n) is 7.19. The van der Waals surface area contributed by atoms with E-state index < -0.39 is 0 Å². The van der Waals surface area contributed by atoms with Crippen molar-refractivity contribution in [1.29, 1.82) is 0 Å². The highest BCUT2D eigenvalue weighted by atomic mass is 35.5. The summed E-state index contributed by atoms with van der Waals surface area (Å²) in [5.41, 5.74) is 1.46. The molecule has 3 heteroatoms. The van der Waals surface area contributed by atoms with E-state index in [1.165, 1.54) is 25.7 Å². The lowest BCUT2D eigenvalue weighted by Crippen LogP contribution is -2.37. The van der Waals surface area contributed by atoms with Crippen molar-refractivity contribution in [2.24, 2.45) is 5.41 Å². The van der Waals surface area contributed by atoms with E-state index in [0.29, 0.717) is 11.5 Å². The zero-order valence-electron chi connectivity index (χ0n) is 11.8. The van der Waals surface area contributed by atoms with Crippen LogP contribution in [-0.2, 0) is 6.42 Å². The van der Waals surface area contributed by atoms with Gasteiger partial charge in [0.1, 0.15) is 0 Å². The summed E-state index contributed by atoms with van der Waals surface area (Å²) >= 11 is 12.7. The van der Waals surface area contributed by atoms with E-state index in [4.69, 9.17) is 23.2 Å². The number of benzene rings is 1. The molecule has 0 aliphatic heterocycles. The molecule has 0 bridgehead atoms. The van der Waals surface area contributed by atoms with E-state index >= 15 is 0 Å². The highest BCUT2D eigenvalue weighted by Gasteiger charge is 2.34. The third kappa shape index (κ3) is 3.87. The zero-order valence-corrected chi connectivity index (χ0v) is 13.3. The third-order valence-corrected chi connectivity index (χ3v) is 4.87. The summed E-state index contributed by atoms with van der Waals surface area (Å²) in [6.45, 7) is 5.46. The quantitative estimate of drug-likeness (QED) is 0.798. The van der Waals surface area contributed by atoms with Gasteiger partial charge in [0.15, 0.2) is 0 Å². The van der Waals surface area contributed by atoms with Crippen LogP contribution in [0.1, 0.15) is 45.1 Å². The first-order chi connectivity index (χ1) is 9.02. The van der Waals surface area contributed by atoms with E-state index in [1.807, 2.05) is 18.2 Å². The van der Waals surface area contributed by atoms with Crippen molar-refractivity contribution in [3.8, 4) is 0 Å². The Kier molecular flexibility index (Phi) is 5.16. The number of hydrogen-bond acceptors (Lipinski definition) is 1. The second-order valence-electron chi connectivity index (χ2n) is 6.12. The van der Waals surface area contributed by atoms with Gasteiger partial charge in [-0.3, -0.25) is 0 Å². The van der Waals surface area contributed by atoms with Gasteiger partial charge in [-0.2, -0.15) is 0 Å². The van der Waals surface area contributed by atoms with Gasteiger partial charge in [0, 0.05) is 22.6 Å². The molecule has 0 aromatic heterocycles. The standard InChI is InChI=1S/C16H23Cl2N/c1-12(2)19-11-16(8-3-4-9-16)10-13-14(17)6-5-7-15(13)18/h5-7,12,19H,3-4,8-11H2,1-2H3.